The Hall–Kier alpha value is -1.10. The molecule has 0 aliphatic rings. The van der Waals surface area contributed by atoms with Crippen molar-refractivity contribution in [3.63, 3.8) is 0 Å². The van der Waals surface area contributed by atoms with Gasteiger partial charge < -0.3 is 5.32 Å². The van der Waals surface area contributed by atoms with Crippen LogP contribution in [-0.4, -0.2) is 0 Å². The maximum absolute atomic E-state index is 12.9. The van der Waals surface area contributed by atoms with E-state index in [1.807, 2.05) is 0 Å². The lowest BCUT2D eigenvalue weighted by molar-refractivity contribution is 0.627. The third-order valence-corrected chi connectivity index (χ3v) is 3.43. The summed E-state index contributed by atoms with van der Waals surface area (Å²) in [6.07, 6.45) is 0. The third-order valence-electron chi connectivity index (χ3n) is 2.53. The molecule has 2 rings (SSSR count). The lowest BCUT2D eigenvalue weighted by Gasteiger charge is -2.09. The first-order valence-electron chi connectivity index (χ1n) is 5.39. The third kappa shape index (κ3) is 3.43. The second-order valence-corrected chi connectivity index (χ2v) is 5.13. The van der Waals surface area contributed by atoms with Crippen LogP contribution in [0.15, 0.2) is 42.5 Å². The van der Waals surface area contributed by atoms with Crippen LogP contribution < -0.4 is 5.32 Å². The molecule has 0 aliphatic heterocycles. The van der Waals surface area contributed by atoms with Crippen LogP contribution in [0.5, 0.6) is 0 Å². The van der Waals surface area contributed by atoms with E-state index in [0.29, 0.717) is 0 Å². The van der Waals surface area contributed by atoms with Gasteiger partial charge in [0.1, 0.15) is 5.82 Å². The van der Waals surface area contributed by atoms with E-state index in [1.54, 1.807) is 6.07 Å². The van der Waals surface area contributed by atoms with Gasteiger partial charge in [-0.25, -0.2) is 4.39 Å². The molecule has 0 radical (unpaired) electrons. The van der Waals surface area contributed by atoms with Crippen molar-refractivity contribution < 1.29 is 4.39 Å². The summed E-state index contributed by atoms with van der Waals surface area (Å²) < 4.78 is 13.8. The summed E-state index contributed by atoms with van der Waals surface area (Å²) in [5.74, 6) is -0.199. The molecule has 0 spiro atoms. The highest BCUT2D eigenvalue weighted by Crippen LogP contribution is 2.19. The molecule has 1 N–H and O–H groups in total. The van der Waals surface area contributed by atoms with E-state index in [1.165, 1.54) is 23.3 Å². The molecular formula is C14H13FIN. The molecule has 0 atom stereocenters. The van der Waals surface area contributed by atoms with Gasteiger partial charge in [-0.05, 0) is 53.3 Å². The van der Waals surface area contributed by atoms with Crippen molar-refractivity contribution in [1.82, 2.24) is 0 Å². The second kappa shape index (κ2) is 5.49. The van der Waals surface area contributed by atoms with Crippen molar-refractivity contribution in [2.75, 3.05) is 5.32 Å². The lowest BCUT2D eigenvalue weighted by atomic mass is 10.1. The van der Waals surface area contributed by atoms with E-state index in [4.69, 9.17) is 0 Å². The van der Waals surface area contributed by atoms with E-state index >= 15 is 0 Å². The second-order valence-electron chi connectivity index (χ2n) is 3.96. The van der Waals surface area contributed by atoms with Crippen LogP contribution in [0, 0.1) is 16.3 Å². The molecule has 0 saturated heterocycles. The predicted octanol–water partition coefficient (Wildman–Crippen LogP) is 4.35. The average Bonchev–Trinajstić information content (AvgIpc) is 2.30. The van der Waals surface area contributed by atoms with Gasteiger partial charge in [-0.3, -0.25) is 0 Å². The molecule has 0 aromatic heterocycles. The number of aryl methyl sites for hydroxylation is 1. The van der Waals surface area contributed by atoms with Gasteiger partial charge in [-0.15, -0.1) is 0 Å². The Morgan fingerprint density at radius 1 is 1.12 bits per heavy atom. The number of hydrogen-bond donors (Lipinski definition) is 1. The molecule has 2 aromatic rings. The van der Waals surface area contributed by atoms with Gasteiger partial charge in [-0.1, -0.05) is 29.8 Å². The summed E-state index contributed by atoms with van der Waals surface area (Å²) in [5, 5.41) is 3.30. The SMILES string of the molecule is Cc1ccc(CNc2ccc(F)cc2I)cc1. The monoisotopic (exact) mass is 341 g/mol. The quantitative estimate of drug-likeness (QED) is 0.819. The van der Waals surface area contributed by atoms with E-state index in [0.717, 1.165) is 15.8 Å². The Morgan fingerprint density at radius 2 is 1.82 bits per heavy atom. The summed E-state index contributed by atoms with van der Waals surface area (Å²) >= 11 is 2.13. The largest absolute Gasteiger partial charge is 0.380 e. The van der Waals surface area contributed by atoms with Crippen LogP contribution in [0.25, 0.3) is 0 Å². The summed E-state index contributed by atoms with van der Waals surface area (Å²) in [4.78, 5) is 0. The van der Waals surface area contributed by atoms with Crippen molar-refractivity contribution in [2.45, 2.75) is 13.5 Å². The first kappa shape index (κ1) is 12.4. The predicted molar refractivity (Wildman–Crippen MR) is 77.6 cm³/mol. The molecule has 0 heterocycles. The smallest absolute Gasteiger partial charge is 0.124 e. The summed E-state index contributed by atoms with van der Waals surface area (Å²) in [6, 6.07) is 13.1. The van der Waals surface area contributed by atoms with E-state index in [2.05, 4.69) is 59.1 Å². The standard InChI is InChI=1S/C14H13FIN/c1-10-2-4-11(5-3-10)9-17-14-7-6-12(15)8-13(14)16/h2-8,17H,9H2,1H3. The highest BCUT2D eigenvalue weighted by molar-refractivity contribution is 14.1. The zero-order chi connectivity index (χ0) is 12.3. The molecule has 1 nitrogen and oxygen atoms in total. The molecule has 0 saturated carbocycles. The molecule has 88 valence electrons. The Morgan fingerprint density at radius 3 is 2.47 bits per heavy atom. The van der Waals surface area contributed by atoms with Gasteiger partial charge in [0.2, 0.25) is 0 Å². The van der Waals surface area contributed by atoms with E-state index in [-0.39, 0.29) is 5.82 Å². The highest BCUT2D eigenvalue weighted by atomic mass is 127. The molecule has 0 aliphatic carbocycles. The minimum Gasteiger partial charge on any atom is -0.380 e. The number of nitrogens with one attached hydrogen (secondary N) is 1. The number of halogens is 2. The maximum atomic E-state index is 12.9. The molecule has 0 bridgehead atoms. The summed E-state index contributed by atoms with van der Waals surface area (Å²) in [7, 11) is 0. The van der Waals surface area contributed by atoms with Crippen molar-refractivity contribution >= 4 is 28.3 Å². The Balaban J connectivity index is 2.04. The fourth-order valence-electron chi connectivity index (χ4n) is 1.54. The number of benzene rings is 2. The number of anilines is 1. The number of rotatable bonds is 3. The van der Waals surface area contributed by atoms with Crippen LogP contribution in [-0.2, 0) is 6.54 Å². The molecule has 0 amide bonds. The van der Waals surface area contributed by atoms with E-state index in [9.17, 15) is 4.39 Å². The maximum Gasteiger partial charge on any atom is 0.124 e. The first-order chi connectivity index (χ1) is 8.15. The summed E-state index contributed by atoms with van der Waals surface area (Å²) in [5.41, 5.74) is 3.44. The molecular weight excluding hydrogens is 328 g/mol. The fourth-order valence-corrected chi connectivity index (χ4v) is 2.20. The Bertz CT molecular complexity index is 508. The Labute approximate surface area is 114 Å². The summed E-state index contributed by atoms with van der Waals surface area (Å²) in [6.45, 7) is 2.82. The van der Waals surface area contributed by atoms with Crippen LogP contribution in [0.3, 0.4) is 0 Å². The van der Waals surface area contributed by atoms with Crippen molar-refractivity contribution in [2.24, 2.45) is 0 Å². The highest BCUT2D eigenvalue weighted by Gasteiger charge is 2.00. The van der Waals surface area contributed by atoms with E-state index < -0.39 is 0 Å². The molecule has 3 heteroatoms. The zero-order valence-electron chi connectivity index (χ0n) is 9.50. The number of hydrogen-bond acceptors (Lipinski definition) is 1. The van der Waals surface area contributed by atoms with Crippen LogP contribution >= 0.6 is 22.6 Å². The first-order valence-corrected chi connectivity index (χ1v) is 6.47. The molecule has 0 fully saturated rings. The van der Waals surface area contributed by atoms with Gasteiger partial charge in [0, 0.05) is 15.8 Å². The van der Waals surface area contributed by atoms with Gasteiger partial charge in [0.05, 0.1) is 0 Å². The molecule has 17 heavy (non-hydrogen) atoms. The molecule has 2 aromatic carbocycles. The average molecular weight is 341 g/mol. The van der Waals surface area contributed by atoms with Gasteiger partial charge in [0.25, 0.3) is 0 Å². The van der Waals surface area contributed by atoms with Crippen molar-refractivity contribution in [3.8, 4) is 0 Å². The van der Waals surface area contributed by atoms with Crippen LogP contribution in [0.2, 0.25) is 0 Å². The fraction of sp³-hybridized carbons (Fsp3) is 0.143. The minimum atomic E-state index is -0.199. The molecule has 0 unspecified atom stereocenters. The van der Waals surface area contributed by atoms with Gasteiger partial charge in [-0.2, -0.15) is 0 Å². The normalized spacial score (nSPS) is 10.3. The van der Waals surface area contributed by atoms with Crippen molar-refractivity contribution in [1.29, 1.82) is 0 Å². The lowest BCUT2D eigenvalue weighted by Crippen LogP contribution is -2.01. The topological polar surface area (TPSA) is 12.0 Å². The van der Waals surface area contributed by atoms with Gasteiger partial charge >= 0.3 is 0 Å². The van der Waals surface area contributed by atoms with Crippen molar-refractivity contribution in [3.05, 3.63) is 63.0 Å². The van der Waals surface area contributed by atoms with Crippen LogP contribution in [0.4, 0.5) is 10.1 Å². The van der Waals surface area contributed by atoms with Crippen LogP contribution in [0.1, 0.15) is 11.1 Å². The zero-order valence-corrected chi connectivity index (χ0v) is 11.7. The minimum absolute atomic E-state index is 0.199. The van der Waals surface area contributed by atoms with Gasteiger partial charge in [0.15, 0.2) is 0 Å². The Kier molecular flexibility index (Phi) is 3.99.